The lowest BCUT2D eigenvalue weighted by atomic mass is 9.86. The van der Waals surface area contributed by atoms with E-state index >= 15 is 0 Å². The smallest absolute Gasteiger partial charge is 0.227 e. The Morgan fingerprint density at radius 1 is 1.35 bits per heavy atom. The van der Waals surface area contributed by atoms with E-state index in [2.05, 4.69) is 5.32 Å². The average molecular weight is 238 g/mol. The molecule has 3 unspecified atom stereocenters. The molecule has 17 heavy (non-hydrogen) atoms. The van der Waals surface area contributed by atoms with Crippen LogP contribution in [0.5, 0.6) is 0 Å². The SMILES string of the molecule is CC1(O)CCN(C(=O)C2CC3CCC2N3)CC1. The quantitative estimate of drug-likeness (QED) is 0.699. The summed E-state index contributed by atoms with van der Waals surface area (Å²) in [4.78, 5) is 14.4. The summed E-state index contributed by atoms with van der Waals surface area (Å²) < 4.78 is 0. The van der Waals surface area contributed by atoms with E-state index < -0.39 is 5.60 Å². The molecule has 3 fully saturated rings. The molecule has 0 aromatic carbocycles. The van der Waals surface area contributed by atoms with E-state index in [0.29, 0.717) is 30.8 Å². The molecule has 3 aliphatic heterocycles. The molecule has 2 bridgehead atoms. The largest absolute Gasteiger partial charge is 0.390 e. The molecule has 0 aliphatic carbocycles. The summed E-state index contributed by atoms with van der Waals surface area (Å²) in [6.07, 6.45) is 4.85. The standard InChI is InChI=1S/C13H22N2O2/c1-13(17)4-6-15(7-5-13)12(16)10-8-9-2-3-11(10)14-9/h9-11,14,17H,2-8H2,1H3. The molecule has 2 N–H and O–H groups in total. The molecule has 3 rings (SSSR count). The monoisotopic (exact) mass is 238 g/mol. The maximum absolute atomic E-state index is 12.4. The van der Waals surface area contributed by atoms with E-state index in [1.165, 1.54) is 6.42 Å². The van der Waals surface area contributed by atoms with Gasteiger partial charge in [-0.1, -0.05) is 0 Å². The van der Waals surface area contributed by atoms with Gasteiger partial charge in [-0.2, -0.15) is 0 Å². The molecular weight excluding hydrogens is 216 g/mol. The third-order valence-corrected chi connectivity index (χ3v) is 4.77. The first-order chi connectivity index (χ1) is 8.05. The molecule has 1 amide bonds. The molecule has 3 aliphatic rings. The minimum Gasteiger partial charge on any atom is -0.390 e. The number of nitrogens with zero attached hydrogens (tertiary/aromatic N) is 1. The van der Waals surface area contributed by atoms with E-state index in [4.69, 9.17) is 0 Å². The Morgan fingerprint density at radius 2 is 2.06 bits per heavy atom. The molecule has 3 heterocycles. The lowest BCUT2D eigenvalue weighted by molar-refractivity contribution is -0.139. The summed E-state index contributed by atoms with van der Waals surface area (Å²) in [7, 11) is 0. The number of likely N-dealkylation sites (tertiary alicyclic amines) is 1. The first-order valence-corrected chi connectivity index (χ1v) is 6.82. The van der Waals surface area contributed by atoms with Crippen LogP contribution in [-0.4, -0.2) is 46.7 Å². The second-order valence-corrected chi connectivity index (χ2v) is 6.21. The van der Waals surface area contributed by atoms with E-state index in [1.54, 1.807) is 0 Å². The zero-order chi connectivity index (χ0) is 12.0. The van der Waals surface area contributed by atoms with Crippen molar-refractivity contribution >= 4 is 5.91 Å². The lowest BCUT2D eigenvalue weighted by Crippen LogP contribution is -2.48. The third-order valence-electron chi connectivity index (χ3n) is 4.77. The molecule has 0 aromatic heterocycles. The van der Waals surface area contributed by atoms with Gasteiger partial charge >= 0.3 is 0 Å². The van der Waals surface area contributed by atoms with Crippen LogP contribution in [0.1, 0.15) is 39.0 Å². The fraction of sp³-hybridized carbons (Fsp3) is 0.923. The second-order valence-electron chi connectivity index (χ2n) is 6.21. The van der Waals surface area contributed by atoms with Gasteiger partial charge in [-0.3, -0.25) is 4.79 Å². The fourth-order valence-electron chi connectivity index (χ4n) is 3.54. The van der Waals surface area contributed by atoms with Gasteiger partial charge in [-0.05, 0) is 39.0 Å². The van der Waals surface area contributed by atoms with Gasteiger partial charge in [0.2, 0.25) is 5.91 Å². The normalized spacial score (nSPS) is 39.6. The van der Waals surface area contributed by atoms with Crippen LogP contribution in [0.3, 0.4) is 0 Å². The van der Waals surface area contributed by atoms with Crippen molar-refractivity contribution in [2.75, 3.05) is 13.1 Å². The van der Waals surface area contributed by atoms with Crippen molar-refractivity contribution in [3.8, 4) is 0 Å². The molecule has 3 atom stereocenters. The molecular formula is C13H22N2O2. The van der Waals surface area contributed by atoms with Gasteiger partial charge in [-0.25, -0.2) is 0 Å². The Hall–Kier alpha value is -0.610. The van der Waals surface area contributed by atoms with Crippen molar-refractivity contribution < 1.29 is 9.90 Å². The highest BCUT2D eigenvalue weighted by Crippen LogP contribution is 2.35. The molecule has 0 radical (unpaired) electrons. The van der Waals surface area contributed by atoms with Crippen LogP contribution in [0, 0.1) is 5.92 Å². The Kier molecular flexibility index (Phi) is 2.67. The van der Waals surface area contributed by atoms with E-state index in [0.717, 1.165) is 25.9 Å². The highest BCUT2D eigenvalue weighted by molar-refractivity contribution is 5.80. The molecule has 0 spiro atoms. The minimum atomic E-state index is -0.566. The fourth-order valence-corrected chi connectivity index (χ4v) is 3.54. The van der Waals surface area contributed by atoms with Crippen LogP contribution < -0.4 is 5.32 Å². The summed E-state index contributed by atoms with van der Waals surface area (Å²) in [5.41, 5.74) is -0.566. The van der Waals surface area contributed by atoms with Crippen LogP contribution >= 0.6 is 0 Å². The van der Waals surface area contributed by atoms with Gasteiger partial charge in [-0.15, -0.1) is 0 Å². The zero-order valence-corrected chi connectivity index (χ0v) is 10.5. The van der Waals surface area contributed by atoms with E-state index in [9.17, 15) is 9.90 Å². The summed E-state index contributed by atoms with van der Waals surface area (Å²) in [6.45, 7) is 3.31. The molecule has 0 saturated carbocycles. The number of carbonyl (C=O) groups excluding carboxylic acids is 1. The molecule has 4 heteroatoms. The van der Waals surface area contributed by atoms with Gasteiger partial charge in [0, 0.05) is 25.2 Å². The number of nitrogens with one attached hydrogen (secondary N) is 1. The Balaban J connectivity index is 1.60. The van der Waals surface area contributed by atoms with Crippen molar-refractivity contribution in [2.45, 2.75) is 56.7 Å². The molecule has 3 saturated heterocycles. The Labute approximate surface area is 102 Å². The molecule has 96 valence electrons. The van der Waals surface area contributed by atoms with Crippen LogP contribution in [0.4, 0.5) is 0 Å². The number of rotatable bonds is 1. The number of hydrogen-bond acceptors (Lipinski definition) is 3. The summed E-state index contributed by atoms with van der Waals surface area (Å²) in [5.74, 6) is 0.525. The highest BCUT2D eigenvalue weighted by Gasteiger charge is 2.44. The maximum Gasteiger partial charge on any atom is 0.227 e. The third kappa shape index (κ3) is 2.08. The predicted octanol–water partition coefficient (Wildman–Crippen LogP) is 0.500. The number of carbonyl (C=O) groups is 1. The van der Waals surface area contributed by atoms with Crippen LogP contribution in [0.25, 0.3) is 0 Å². The van der Waals surface area contributed by atoms with Crippen LogP contribution in [0.15, 0.2) is 0 Å². The zero-order valence-electron chi connectivity index (χ0n) is 10.5. The first-order valence-electron chi connectivity index (χ1n) is 6.82. The molecule has 4 nitrogen and oxygen atoms in total. The Bertz CT molecular complexity index is 319. The molecule has 0 aromatic rings. The van der Waals surface area contributed by atoms with E-state index in [-0.39, 0.29) is 5.92 Å². The first kappa shape index (κ1) is 11.5. The number of amides is 1. The van der Waals surface area contributed by atoms with Crippen molar-refractivity contribution in [3.05, 3.63) is 0 Å². The minimum absolute atomic E-state index is 0.205. The van der Waals surface area contributed by atoms with Gasteiger partial charge in [0.05, 0.1) is 11.5 Å². The lowest BCUT2D eigenvalue weighted by Gasteiger charge is -2.37. The van der Waals surface area contributed by atoms with Crippen LogP contribution in [0.2, 0.25) is 0 Å². The Morgan fingerprint density at radius 3 is 2.59 bits per heavy atom. The van der Waals surface area contributed by atoms with Crippen molar-refractivity contribution in [3.63, 3.8) is 0 Å². The number of piperidine rings is 1. The predicted molar refractivity (Wildman–Crippen MR) is 64.5 cm³/mol. The number of hydrogen-bond donors (Lipinski definition) is 2. The highest BCUT2D eigenvalue weighted by atomic mass is 16.3. The van der Waals surface area contributed by atoms with Crippen molar-refractivity contribution in [2.24, 2.45) is 5.92 Å². The van der Waals surface area contributed by atoms with Crippen molar-refractivity contribution in [1.82, 2.24) is 10.2 Å². The number of aliphatic hydroxyl groups is 1. The summed E-state index contributed by atoms with van der Waals surface area (Å²) in [5, 5.41) is 13.4. The van der Waals surface area contributed by atoms with Crippen molar-refractivity contribution in [1.29, 1.82) is 0 Å². The summed E-state index contributed by atoms with van der Waals surface area (Å²) in [6, 6.07) is 1.01. The average Bonchev–Trinajstić information content (AvgIpc) is 2.89. The van der Waals surface area contributed by atoms with Gasteiger partial charge in [0.1, 0.15) is 0 Å². The van der Waals surface area contributed by atoms with Gasteiger partial charge in [0.25, 0.3) is 0 Å². The topological polar surface area (TPSA) is 52.6 Å². The second kappa shape index (κ2) is 3.95. The van der Waals surface area contributed by atoms with Gasteiger partial charge in [0.15, 0.2) is 0 Å². The number of fused-ring (bicyclic) bond motifs is 2. The van der Waals surface area contributed by atoms with Gasteiger partial charge < -0.3 is 15.3 Å². The summed E-state index contributed by atoms with van der Waals surface area (Å²) >= 11 is 0. The maximum atomic E-state index is 12.4. The van der Waals surface area contributed by atoms with Crippen LogP contribution in [-0.2, 0) is 4.79 Å². The van der Waals surface area contributed by atoms with E-state index in [1.807, 2.05) is 11.8 Å².